The molecule has 1 aromatic heterocycles. The topological polar surface area (TPSA) is 3.88 Å². The summed E-state index contributed by atoms with van der Waals surface area (Å²) < 4.78 is 3.79. The quantitative estimate of drug-likeness (QED) is 0.460. The van der Waals surface area contributed by atoms with Gasteiger partial charge in [-0.2, -0.15) is 0 Å². The third kappa shape index (κ3) is 3.46. The molecule has 0 saturated carbocycles. The fourth-order valence-corrected chi connectivity index (χ4v) is 5.41. The predicted molar refractivity (Wildman–Crippen MR) is 106 cm³/mol. The van der Waals surface area contributed by atoms with Crippen LogP contribution in [0.15, 0.2) is 66.9 Å². The third-order valence-electron chi connectivity index (χ3n) is 4.64. The molecular weight excluding hydrogens is 351 g/mol. The summed E-state index contributed by atoms with van der Waals surface area (Å²) in [7, 11) is 2.14. The van der Waals surface area contributed by atoms with Crippen LogP contribution in [0.25, 0.3) is 22.4 Å². The van der Waals surface area contributed by atoms with E-state index in [4.69, 9.17) is 0 Å². The summed E-state index contributed by atoms with van der Waals surface area (Å²) >= 11 is -1.85. The van der Waals surface area contributed by atoms with Crippen molar-refractivity contribution in [2.45, 2.75) is 24.2 Å². The molecule has 0 fully saturated rings. The van der Waals surface area contributed by atoms with Crippen LogP contribution in [0.4, 0.5) is 0 Å². The Kier molecular flexibility index (Phi) is 4.64. The monoisotopic (exact) mass is 378 g/mol. The van der Waals surface area contributed by atoms with E-state index in [1.54, 1.807) is 4.40 Å². The van der Waals surface area contributed by atoms with Crippen molar-refractivity contribution in [3.05, 3.63) is 72.4 Å². The maximum absolute atomic E-state index is 2.45. The summed E-state index contributed by atoms with van der Waals surface area (Å²) in [6.07, 6.45) is 2.22. The summed E-state index contributed by atoms with van der Waals surface area (Å²) in [6.45, 7) is 2.20. The summed E-state index contributed by atoms with van der Waals surface area (Å²) in [6, 6.07) is 22.1. The molecule has 0 bridgehead atoms. The van der Waals surface area contributed by atoms with Gasteiger partial charge >= 0.3 is 148 Å². The summed E-state index contributed by atoms with van der Waals surface area (Å²) in [5.74, 6) is 7.35. The molecule has 0 aliphatic heterocycles. The van der Waals surface area contributed by atoms with Crippen LogP contribution in [0, 0.1) is 6.92 Å². The van der Waals surface area contributed by atoms with Gasteiger partial charge in [-0.1, -0.05) is 0 Å². The molecule has 0 aliphatic carbocycles. The molecule has 0 unspecified atom stereocenters. The maximum atomic E-state index is 2.45. The average Bonchev–Trinajstić information content (AvgIpc) is 2.56. The van der Waals surface area contributed by atoms with Gasteiger partial charge in [0.15, 0.2) is 0 Å². The van der Waals surface area contributed by atoms with Crippen LogP contribution in [0.2, 0.25) is 17.3 Å². The molecule has 3 rings (SSSR count). The fourth-order valence-electron chi connectivity index (χ4n) is 3.01. The molecule has 24 heavy (non-hydrogen) atoms. The van der Waals surface area contributed by atoms with Crippen LogP contribution >= 0.6 is 0 Å². The van der Waals surface area contributed by atoms with E-state index in [0.717, 1.165) is 0 Å². The van der Waals surface area contributed by atoms with Crippen molar-refractivity contribution in [2.24, 2.45) is 7.05 Å². The zero-order valence-corrected chi connectivity index (χ0v) is 17.4. The first kappa shape index (κ1) is 17.0. The molecule has 0 amide bonds. The molecule has 1 heterocycles. The Morgan fingerprint density at radius 1 is 0.792 bits per heavy atom. The van der Waals surface area contributed by atoms with Gasteiger partial charge in [0.25, 0.3) is 0 Å². The molecule has 0 aliphatic rings. The Labute approximate surface area is 148 Å². The number of hydrogen-bond donors (Lipinski definition) is 0. The van der Waals surface area contributed by atoms with Crippen LogP contribution < -0.4 is 8.96 Å². The van der Waals surface area contributed by atoms with Gasteiger partial charge in [-0.15, -0.1) is 0 Å². The van der Waals surface area contributed by atoms with E-state index in [9.17, 15) is 0 Å². The van der Waals surface area contributed by atoms with Gasteiger partial charge in [-0.05, 0) is 0 Å². The Balaban J connectivity index is 2.16. The van der Waals surface area contributed by atoms with Crippen molar-refractivity contribution < 1.29 is 4.57 Å². The zero-order chi connectivity index (χ0) is 17.3. The predicted octanol–water partition coefficient (Wildman–Crippen LogP) is 4.70. The second-order valence-corrected chi connectivity index (χ2v) is 18.2. The summed E-state index contributed by atoms with van der Waals surface area (Å²) in [5.41, 5.74) is 6.50. The number of aromatic nitrogens is 1. The van der Waals surface area contributed by atoms with Crippen molar-refractivity contribution in [3.8, 4) is 22.4 Å². The number of rotatable bonds is 3. The van der Waals surface area contributed by atoms with Crippen LogP contribution in [-0.4, -0.2) is 13.3 Å². The van der Waals surface area contributed by atoms with E-state index in [2.05, 4.69) is 103 Å². The second kappa shape index (κ2) is 6.56. The molecular formula is C22H26GeN+. The normalized spacial score (nSPS) is 11.5. The molecule has 0 N–H and O–H groups in total. The van der Waals surface area contributed by atoms with Gasteiger partial charge in [0.1, 0.15) is 0 Å². The number of aryl methyl sites for hydroxylation is 2. The van der Waals surface area contributed by atoms with E-state index in [-0.39, 0.29) is 0 Å². The summed E-state index contributed by atoms with van der Waals surface area (Å²) in [5, 5.41) is 0. The molecule has 3 aromatic rings. The molecule has 0 radical (unpaired) electrons. The first-order chi connectivity index (χ1) is 11.4. The standard InChI is InChI=1S/C22H26GeN/c1-17-11-12-19(18-9-7-6-8-10-18)15-21(17)22-16-20(23(2,3)4)13-14-24(22)5/h6-16H,1-5H3/q+1. The van der Waals surface area contributed by atoms with Crippen LogP contribution in [0.3, 0.4) is 0 Å². The van der Waals surface area contributed by atoms with E-state index >= 15 is 0 Å². The molecule has 0 spiro atoms. The Bertz CT molecular complexity index is 861. The van der Waals surface area contributed by atoms with Crippen molar-refractivity contribution in [2.75, 3.05) is 0 Å². The van der Waals surface area contributed by atoms with E-state index in [1.807, 2.05) is 0 Å². The number of pyridine rings is 1. The zero-order valence-electron chi connectivity index (χ0n) is 15.3. The molecule has 0 saturated heterocycles. The minimum atomic E-state index is -1.85. The fraction of sp³-hybridized carbons (Fsp3) is 0.227. The molecule has 2 aromatic carbocycles. The minimum absolute atomic E-state index is 1.27. The first-order valence-electron chi connectivity index (χ1n) is 8.53. The van der Waals surface area contributed by atoms with Crippen LogP contribution in [-0.2, 0) is 7.05 Å². The van der Waals surface area contributed by atoms with Crippen LogP contribution in [0.1, 0.15) is 5.56 Å². The SMILES string of the molecule is Cc1ccc(-c2ccccc2)cc1-c1c[c]([Ge]([CH3])([CH3])[CH3])cc[n+]1C. The van der Waals surface area contributed by atoms with Gasteiger partial charge in [-0.3, -0.25) is 0 Å². The van der Waals surface area contributed by atoms with Gasteiger partial charge in [0.05, 0.1) is 0 Å². The Morgan fingerprint density at radius 2 is 1.50 bits per heavy atom. The van der Waals surface area contributed by atoms with Crippen molar-refractivity contribution in [1.82, 2.24) is 0 Å². The molecule has 122 valence electrons. The summed E-state index contributed by atoms with van der Waals surface area (Å²) in [4.78, 5) is 0. The van der Waals surface area contributed by atoms with Crippen LogP contribution in [0.5, 0.6) is 0 Å². The molecule has 2 heteroatoms. The van der Waals surface area contributed by atoms with Gasteiger partial charge < -0.3 is 0 Å². The van der Waals surface area contributed by atoms with Gasteiger partial charge in [0.2, 0.25) is 0 Å². The van der Waals surface area contributed by atoms with E-state index in [1.165, 1.54) is 27.9 Å². The average molecular weight is 377 g/mol. The molecule has 0 atom stereocenters. The number of benzene rings is 2. The second-order valence-electron chi connectivity index (χ2n) is 7.56. The van der Waals surface area contributed by atoms with Gasteiger partial charge in [0, 0.05) is 0 Å². The van der Waals surface area contributed by atoms with Crippen molar-refractivity contribution in [3.63, 3.8) is 0 Å². The van der Waals surface area contributed by atoms with Crippen molar-refractivity contribution >= 4 is 17.7 Å². The van der Waals surface area contributed by atoms with E-state index < -0.39 is 13.3 Å². The molecule has 1 nitrogen and oxygen atoms in total. The number of hydrogen-bond acceptors (Lipinski definition) is 0. The van der Waals surface area contributed by atoms with Gasteiger partial charge in [-0.25, -0.2) is 0 Å². The Morgan fingerprint density at radius 3 is 2.17 bits per heavy atom. The van der Waals surface area contributed by atoms with Crippen molar-refractivity contribution in [1.29, 1.82) is 0 Å². The van der Waals surface area contributed by atoms with E-state index in [0.29, 0.717) is 0 Å². The Hall–Kier alpha value is -1.87. The first-order valence-corrected chi connectivity index (χ1v) is 15.9. The number of nitrogens with zero attached hydrogens (tertiary/aromatic N) is 1. The third-order valence-corrected chi connectivity index (χ3v) is 8.92.